The Bertz CT molecular complexity index is 575. The number of hydrogen-bond donors (Lipinski definition) is 2. The molecule has 0 saturated heterocycles. The highest BCUT2D eigenvalue weighted by Gasteiger charge is 2.50. The first kappa shape index (κ1) is 10.9. The standard InChI is InChI=1S/C12H12N4O2/c13-15-9(17)10-14-11(16-18-10)12(6-7-12)8-4-2-1-3-5-8/h1-5H,6-7,13H2,(H,15,17). The fraction of sp³-hybridized carbons (Fsp3) is 0.250. The summed E-state index contributed by atoms with van der Waals surface area (Å²) in [5, 5.41) is 3.89. The van der Waals surface area contributed by atoms with Crippen LogP contribution in [-0.2, 0) is 5.41 Å². The van der Waals surface area contributed by atoms with Gasteiger partial charge in [-0.25, -0.2) is 5.84 Å². The maximum Gasteiger partial charge on any atom is 0.323 e. The number of aromatic nitrogens is 2. The maximum atomic E-state index is 11.3. The molecular formula is C12H12N4O2. The number of hydrazine groups is 1. The van der Waals surface area contributed by atoms with E-state index in [1.54, 1.807) is 0 Å². The summed E-state index contributed by atoms with van der Waals surface area (Å²) in [4.78, 5) is 15.4. The summed E-state index contributed by atoms with van der Waals surface area (Å²) < 4.78 is 4.91. The van der Waals surface area contributed by atoms with Crippen LogP contribution in [0.1, 0.15) is 34.9 Å². The number of nitrogens with two attached hydrogens (primary N) is 1. The van der Waals surface area contributed by atoms with Crippen LogP contribution in [-0.4, -0.2) is 16.0 Å². The normalized spacial score (nSPS) is 16.3. The van der Waals surface area contributed by atoms with Crippen molar-refractivity contribution in [1.82, 2.24) is 15.6 Å². The largest absolute Gasteiger partial charge is 0.328 e. The van der Waals surface area contributed by atoms with E-state index >= 15 is 0 Å². The van der Waals surface area contributed by atoms with Crippen molar-refractivity contribution in [3.05, 3.63) is 47.6 Å². The van der Waals surface area contributed by atoms with Crippen LogP contribution in [0.2, 0.25) is 0 Å². The third kappa shape index (κ3) is 1.58. The molecule has 1 aliphatic carbocycles. The number of benzene rings is 1. The average Bonchev–Trinajstić information content (AvgIpc) is 3.10. The van der Waals surface area contributed by atoms with E-state index in [-0.39, 0.29) is 11.3 Å². The lowest BCUT2D eigenvalue weighted by Crippen LogP contribution is -2.30. The molecule has 3 N–H and O–H groups in total. The van der Waals surface area contributed by atoms with E-state index in [0.717, 1.165) is 18.4 Å². The van der Waals surface area contributed by atoms with E-state index in [4.69, 9.17) is 10.4 Å². The van der Waals surface area contributed by atoms with Gasteiger partial charge in [0.1, 0.15) is 0 Å². The molecule has 0 bridgehead atoms. The van der Waals surface area contributed by atoms with Gasteiger partial charge in [-0.2, -0.15) is 4.98 Å². The smallest absolute Gasteiger partial charge is 0.323 e. The molecule has 6 heteroatoms. The molecule has 1 heterocycles. The molecule has 92 valence electrons. The third-order valence-corrected chi connectivity index (χ3v) is 3.26. The Morgan fingerprint density at radius 1 is 1.33 bits per heavy atom. The van der Waals surface area contributed by atoms with E-state index in [1.165, 1.54) is 0 Å². The second kappa shape index (κ2) is 3.92. The summed E-state index contributed by atoms with van der Waals surface area (Å²) in [7, 11) is 0. The Hall–Kier alpha value is -2.21. The summed E-state index contributed by atoms with van der Waals surface area (Å²) >= 11 is 0. The van der Waals surface area contributed by atoms with Gasteiger partial charge in [0.2, 0.25) is 0 Å². The lowest BCUT2D eigenvalue weighted by Gasteiger charge is -2.09. The highest BCUT2D eigenvalue weighted by molar-refractivity contribution is 5.88. The topological polar surface area (TPSA) is 94.0 Å². The lowest BCUT2D eigenvalue weighted by molar-refractivity contribution is 0.0910. The number of hydrogen-bond acceptors (Lipinski definition) is 5. The average molecular weight is 244 g/mol. The Kier molecular flexibility index (Phi) is 2.38. The summed E-state index contributed by atoms with van der Waals surface area (Å²) in [5.41, 5.74) is 2.92. The third-order valence-electron chi connectivity index (χ3n) is 3.26. The molecule has 1 amide bonds. The molecule has 3 rings (SSSR count). The van der Waals surface area contributed by atoms with Gasteiger partial charge in [0, 0.05) is 0 Å². The van der Waals surface area contributed by atoms with Crippen LogP contribution in [0.3, 0.4) is 0 Å². The first-order valence-corrected chi connectivity index (χ1v) is 5.67. The van der Waals surface area contributed by atoms with Gasteiger partial charge < -0.3 is 4.52 Å². The van der Waals surface area contributed by atoms with Crippen LogP contribution in [0.25, 0.3) is 0 Å². The van der Waals surface area contributed by atoms with Crippen LogP contribution >= 0.6 is 0 Å². The monoisotopic (exact) mass is 244 g/mol. The number of amides is 1. The number of carbonyl (C=O) groups is 1. The fourth-order valence-electron chi connectivity index (χ4n) is 2.10. The van der Waals surface area contributed by atoms with Crippen LogP contribution in [0.5, 0.6) is 0 Å². The molecule has 2 aromatic rings. The van der Waals surface area contributed by atoms with Gasteiger partial charge in [0.25, 0.3) is 0 Å². The van der Waals surface area contributed by atoms with E-state index in [0.29, 0.717) is 5.82 Å². The molecule has 1 aromatic carbocycles. The van der Waals surface area contributed by atoms with Crippen molar-refractivity contribution in [1.29, 1.82) is 0 Å². The van der Waals surface area contributed by atoms with Crippen molar-refractivity contribution in [2.24, 2.45) is 5.84 Å². The first-order valence-electron chi connectivity index (χ1n) is 5.67. The number of carbonyl (C=O) groups excluding carboxylic acids is 1. The molecule has 0 atom stereocenters. The number of nitrogen functional groups attached to an aromatic ring is 1. The van der Waals surface area contributed by atoms with Gasteiger partial charge in [-0.05, 0) is 18.4 Å². The molecule has 1 aliphatic rings. The summed E-state index contributed by atoms with van der Waals surface area (Å²) in [6.45, 7) is 0. The van der Waals surface area contributed by atoms with Crippen LogP contribution in [0, 0.1) is 0 Å². The van der Waals surface area contributed by atoms with Gasteiger partial charge in [-0.15, -0.1) is 0 Å². The van der Waals surface area contributed by atoms with Crippen molar-refractivity contribution < 1.29 is 9.32 Å². The minimum atomic E-state index is -0.572. The SMILES string of the molecule is NNC(=O)c1nc(C2(c3ccccc3)CC2)no1. The second-order valence-electron chi connectivity index (χ2n) is 4.34. The predicted octanol–water partition coefficient (Wildman–Crippen LogP) is 0.753. The first-order chi connectivity index (χ1) is 8.76. The van der Waals surface area contributed by atoms with E-state index in [1.807, 2.05) is 35.8 Å². The Morgan fingerprint density at radius 2 is 2.06 bits per heavy atom. The maximum absolute atomic E-state index is 11.3. The molecule has 1 aromatic heterocycles. The molecular weight excluding hydrogens is 232 g/mol. The quantitative estimate of drug-likeness (QED) is 0.472. The van der Waals surface area contributed by atoms with Crippen molar-refractivity contribution in [3.63, 3.8) is 0 Å². The lowest BCUT2D eigenvalue weighted by atomic mass is 9.95. The van der Waals surface area contributed by atoms with Gasteiger partial charge in [0.15, 0.2) is 5.82 Å². The highest BCUT2D eigenvalue weighted by atomic mass is 16.5. The van der Waals surface area contributed by atoms with E-state index in [2.05, 4.69) is 10.1 Å². The molecule has 1 fully saturated rings. The molecule has 0 aliphatic heterocycles. The Morgan fingerprint density at radius 3 is 2.67 bits per heavy atom. The number of rotatable bonds is 3. The minimum Gasteiger partial charge on any atom is -0.328 e. The zero-order valence-corrected chi connectivity index (χ0v) is 9.59. The molecule has 18 heavy (non-hydrogen) atoms. The van der Waals surface area contributed by atoms with Gasteiger partial charge in [0.05, 0.1) is 5.41 Å². The summed E-state index contributed by atoms with van der Waals surface area (Å²) in [5.74, 6) is 4.90. The summed E-state index contributed by atoms with van der Waals surface area (Å²) in [6.07, 6.45) is 1.92. The second-order valence-corrected chi connectivity index (χ2v) is 4.34. The molecule has 0 spiro atoms. The number of nitrogens with one attached hydrogen (secondary N) is 1. The molecule has 0 unspecified atom stereocenters. The van der Waals surface area contributed by atoms with Gasteiger partial charge in [-0.3, -0.25) is 10.2 Å². The number of nitrogens with zero attached hydrogens (tertiary/aromatic N) is 2. The summed E-state index contributed by atoms with van der Waals surface area (Å²) in [6, 6.07) is 9.98. The Labute approximate surface area is 103 Å². The van der Waals surface area contributed by atoms with Crippen molar-refractivity contribution in [2.45, 2.75) is 18.3 Å². The predicted molar refractivity (Wildman–Crippen MR) is 62.4 cm³/mol. The Balaban J connectivity index is 1.96. The molecule has 6 nitrogen and oxygen atoms in total. The van der Waals surface area contributed by atoms with Crippen LogP contribution in [0.4, 0.5) is 0 Å². The van der Waals surface area contributed by atoms with Gasteiger partial charge in [-0.1, -0.05) is 35.5 Å². The fourth-order valence-corrected chi connectivity index (χ4v) is 2.10. The zero-order valence-electron chi connectivity index (χ0n) is 9.59. The van der Waals surface area contributed by atoms with Crippen molar-refractivity contribution in [2.75, 3.05) is 0 Å². The molecule has 0 radical (unpaired) electrons. The van der Waals surface area contributed by atoms with Crippen LogP contribution < -0.4 is 11.3 Å². The molecule has 1 saturated carbocycles. The van der Waals surface area contributed by atoms with E-state index in [9.17, 15) is 4.79 Å². The van der Waals surface area contributed by atoms with Crippen LogP contribution in [0.15, 0.2) is 34.9 Å². The highest BCUT2D eigenvalue weighted by Crippen LogP contribution is 2.52. The van der Waals surface area contributed by atoms with Crippen molar-refractivity contribution >= 4 is 5.91 Å². The minimum absolute atomic E-state index is 0.102. The zero-order chi connectivity index (χ0) is 12.6. The van der Waals surface area contributed by atoms with Crippen molar-refractivity contribution in [3.8, 4) is 0 Å². The van der Waals surface area contributed by atoms with E-state index < -0.39 is 5.91 Å². The van der Waals surface area contributed by atoms with Gasteiger partial charge >= 0.3 is 11.8 Å².